The molecule has 3 saturated heterocycles. The van der Waals surface area contributed by atoms with Crippen molar-refractivity contribution < 1.29 is 59.7 Å². The van der Waals surface area contributed by atoms with Gasteiger partial charge in [-0.3, -0.25) is 32.0 Å². The zero-order valence-electron chi connectivity index (χ0n) is 34.3. The maximum atomic E-state index is 15.7. The zero-order chi connectivity index (χ0) is 43.3. The van der Waals surface area contributed by atoms with E-state index >= 15 is 4.39 Å². The van der Waals surface area contributed by atoms with Crippen LogP contribution >= 0.6 is 15.6 Å². The van der Waals surface area contributed by atoms with E-state index in [-0.39, 0.29) is 27.7 Å². The van der Waals surface area contributed by atoms with Gasteiger partial charge in [0.25, 0.3) is 5.56 Å². The summed E-state index contributed by atoms with van der Waals surface area (Å²) in [5, 5.41) is -1.34. The number of nitrogen functional groups attached to an aromatic ring is 1. The van der Waals surface area contributed by atoms with Gasteiger partial charge in [0.2, 0.25) is 5.72 Å². The van der Waals surface area contributed by atoms with Crippen molar-refractivity contribution in [1.29, 1.82) is 0 Å². The van der Waals surface area contributed by atoms with Crippen LogP contribution in [0.15, 0.2) is 30.0 Å². The number of rotatable bonds is 6. The molecule has 3 fully saturated rings. The van der Waals surface area contributed by atoms with E-state index in [1.165, 1.54) is 17.2 Å². The molecule has 0 aromatic carbocycles. The first kappa shape index (κ1) is 44.3. The van der Waals surface area contributed by atoms with Crippen LogP contribution in [-0.4, -0.2) is 111 Å². The highest BCUT2D eigenvalue weighted by atomic mass is 31.2. The van der Waals surface area contributed by atoms with Crippen LogP contribution in [0.1, 0.15) is 47.8 Å². The highest BCUT2D eigenvalue weighted by Gasteiger charge is 2.62. The van der Waals surface area contributed by atoms with Crippen LogP contribution in [0.5, 0.6) is 0 Å². The van der Waals surface area contributed by atoms with Crippen molar-refractivity contribution >= 4 is 60.3 Å². The second-order valence-corrected chi connectivity index (χ2v) is 30.2. The highest BCUT2D eigenvalue weighted by Crippen LogP contribution is 2.57. The molecule has 7 rings (SSSR count). The van der Waals surface area contributed by atoms with Crippen LogP contribution in [0.4, 0.5) is 10.2 Å². The number of nitrogens with one attached hydrogen (secondary N) is 1. The van der Waals surface area contributed by atoms with Gasteiger partial charge in [-0.25, -0.2) is 33.5 Å². The predicted molar refractivity (Wildman–Crippen MR) is 213 cm³/mol. The van der Waals surface area contributed by atoms with E-state index in [9.17, 15) is 23.7 Å². The number of nitrogens with zero attached hydrogens (tertiary/aromatic N) is 6. The normalized spacial score (nSPS) is 32.8. The van der Waals surface area contributed by atoms with Gasteiger partial charge in [0.1, 0.15) is 47.8 Å². The molecule has 0 spiro atoms. The smallest absolute Gasteiger partial charge is 0.407 e. The number of anilines is 1. The minimum atomic E-state index is -5.35. The standard InChI is InChI=1S/C33H51FN8O13P2Si2/c1-31(2,3)58(7,8)53-24-23-19(51-30(24)41-17-40-22-26(35)36-15-38-28(22)41)12-50-57(46,47)55-33(42-11-18(34)21-27(42)37-16-39-29(21)43)14-48-20(13-49-56(44,45)52-23)25(33)54-59(9,10)32(4,5)6/h11,15-17,19-20,23-25,30H,12-14H2,1-10H3,(H,44,45)(H,46,47)(H2,35,36,38)(H,37,39,43)/t19?,20?,23-,24?,25?,30-,33-/m1/s1. The predicted octanol–water partition coefficient (Wildman–Crippen LogP) is 4.67. The van der Waals surface area contributed by atoms with E-state index in [0.29, 0.717) is 0 Å². The highest BCUT2D eigenvalue weighted by molar-refractivity contribution is 7.47. The Bertz CT molecular complexity index is 2400. The third-order valence-corrected chi connectivity index (χ3v) is 22.9. The molecule has 26 heteroatoms. The number of H-pyrrole nitrogens is 1. The molecule has 0 saturated carbocycles. The minimum Gasteiger partial charge on any atom is -0.407 e. The second-order valence-electron chi connectivity index (χ2n) is 18.0. The molecule has 3 aliphatic rings. The molecule has 5 N–H and O–H groups in total. The van der Waals surface area contributed by atoms with Crippen LogP contribution in [-0.2, 0) is 51.3 Å². The van der Waals surface area contributed by atoms with Gasteiger partial charge in [0.05, 0.1) is 32.5 Å². The molecule has 3 aliphatic heterocycles. The van der Waals surface area contributed by atoms with Gasteiger partial charge in [0.15, 0.2) is 45.8 Å². The fourth-order valence-corrected chi connectivity index (χ4v) is 11.4. The Morgan fingerprint density at radius 2 is 1.59 bits per heavy atom. The molecule has 7 heterocycles. The molecule has 326 valence electrons. The second kappa shape index (κ2) is 14.9. The number of fused-ring (bicyclic) bond motifs is 5. The topological polar surface area (TPSA) is 269 Å². The van der Waals surface area contributed by atoms with E-state index in [0.717, 1.165) is 17.1 Å². The number of hydrogen-bond donors (Lipinski definition) is 4. The van der Waals surface area contributed by atoms with E-state index in [2.05, 4.69) is 24.9 Å². The van der Waals surface area contributed by atoms with Crippen LogP contribution in [0, 0.1) is 5.82 Å². The molecular weight excluding hydrogens is 854 g/mol. The summed E-state index contributed by atoms with van der Waals surface area (Å²) < 4.78 is 96.6. The largest absolute Gasteiger partial charge is 0.474 e. The Kier molecular flexibility index (Phi) is 11.2. The van der Waals surface area contributed by atoms with Crippen molar-refractivity contribution in [2.75, 3.05) is 25.6 Å². The SMILES string of the molecule is CC(C)(C)[Si](C)(C)OC1[C@@H]2OP(=O)(O)OCC3OC[C@@](n4cc(F)c5c(=O)[nH]cnc54)(OP(=O)(O)OCC2O[C@H]1n1cnc2c(N)ncnc21)C3O[Si](C)(C)C(C)(C)C. The Balaban J connectivity index is 1.36. The number of aromatic nitrogens is 7. The summed E-state index contributed by atoms with van der Waals surface area (Å²) in [6.07, 6.45) is -3.52. The van der Waals surface area contributed by atoms with Gasteiger partial charge in [-0.05, 0) is 36.3 Å². The number of nitrogens with two attached hydrogens (primary N) is 1. The molecule has 0 aliphatic carbocycles. The van der Waals surface area contributed by atoms with Crippen molar-refractivity contribution in [3.63, 3.8) is 0 Å². The van der Waals surface area contributed by atoms with Crippen molar-refractivity contribution in [2.45, 2.75) is 120 Å². The first-order valence-corrected chi connectivity index (χ1v) is 27.6. The molecule has 0 amide bonds. The van der Waals surface area contributed by atoms with Crippen LogP contribution in [0.3, 0.4) is 0 Å². The Labute approximate surface area is 340 Å². The Morgan fingerprint density at radius 1 is 0.949 bits per heavy atom. The summed E-state index contributed by atoms with van der Waals surface area (Å²) in [4.78, 5) is 55.3. The fourth-order valence-electron chi connectivity index (χ4n) is 6.77. The third kappa shape index (κ3) is 8.06. The average molecular weight is 905 g/mol. The molecular formula is C33H51FN8O13P2Si2. The number of ether oxygens (including phenoxy) is 2. The number of phosphoric ester groups is 2. The summed E-state index contributed by atoms with van der Waals surface area (Å²) in [5.74, 6) is -0.942. The molecule has 59 heavy (non-hydrogen) atoms. The van der Waals surface area contributed by atoms with Crippen molar-refractivity contribution in [2.24, 2.45) is 0 Å². The maximum Gasteiger partial charge on any atom is 0.474 e. The molecule has 6 unspecified atom stereocenters. The van der Waals surface area contributed by atoms with E-state index in [4.69, 9.17) is 42.2 Å². The van der Waals surface area contributed by atoms with Gasteiger partial charge in [-0.15, -0.1) is 0 Å². The number of halogens is 1. The summed E-state index contributed by atoms with van der Waals surface area (Å²) in [6, 6.07) is 0. The van der Waals surface area contributed by atoms with E-state index < -0.39 is 116 Å². The van der Waals surface area contributed by atoms with Gasteiger partial charge in [-0.2, -0.15) is 0 Å². The average Bonchev–Trinajstić information content (AvgIpc) is 3.86. The Hall–Kier alpha value is -2.81. The van der Waals surface area contributed by atoms with E-state index in [1.54, 1.807) is 0 Å². The molecule has 4 aromatic heterocycles. The van der Waals surface area contributed by atoms with Crippen LogP contribution < -0.4 is 11.3 Å². The van der Waals surface area contributed by atoms with Crippen molar-refractivity contribution in [3.8, 4) is 0 Å². The first-order chi connectivity index (χ1) is 27.2. The van der Waals surface area contributed by atoms with Gasteiger partial charge >= 0.3 is 15.6 Å². The van der Waals surface area contributed by atoms with Crippen LogP contribution in [0.25, 0.3) is 22.2 Å². The molecule has 0 radical (unpaired) electrons. The summed E-state index contributed by atoms with van der Waals surface area (Å²) in [6.45, 7) is 17.4. The molecule has 21 nitrogen and oxygen atoms in total. The lowest BCUT2D eigenvalue weighted by molar-refractivity contribution is -0.104. The summed E-state index contributed by atoms with van der Waals surface area (Å²) >= 11 is 0. The lowest BCUT2D eigenvalue weighted by Gasteiger charge is -2.44. The van der Waals surface area contributed by atoms with Crippen molar-refractivity contribution in [3.05, 3.63) is 41.3 Å². The lowest BCUT2D eigenvalue weighted by Crippen LogP contribution is -2.56. The summed E-state index contributed by atoms with van der Waals surface area (Å²) in [7, 11) is -16.2. The van der Waals surface area contributed by atoms with Gasteiger partial charge in [0, 0.05) is 6.20 Å². The van der Waals surface area contributed by atoms with Gasteiger partial charge < -0.3 is 38.8 Å². The number of aromatic amines is 1. The monoisotopic (exact) mass is 904 g/mol. The Morgan fingerprint density at radius 3 is 2.27 bits per heavy atom. The first-order valence-electron chi connectivity index (χ1n) is 18.8. The van der Waals surface area contributed by atoms with Crippen LogP contribution in [0.2, 0.25) is 36.3 Å². The van der Waals surface area contributed by atoms with Gasteiger partial charge in [-0.1, -0.05) is 41.5 Å². The number of imidazole rings is 1. The molecule has 4 aromatic rings. The molecule has 2 bridgehead atoms. The molecule has 9 atom stereocenters. The van der Waals surface area contributed by atoms with Crippen molar-refractivity contribution in [1.82, 2.24) is 34.1 Å². The zero-order valence-corrected chi connectivity index (χ0v) is 38.1. The third-order valence-electron chi connectivity index (χ3n) is 12.0. The van der Waals surface area contributed by atoms with E-state index in [1.807, 2.05) is 67.7 Å². The quantitative estimate of drug-likeness (QED) is 0.151. The fraction of sp³-hybridized carbons (Fsp3) is 0.667. The number of phosphoric acid groups is 2. The maximum absolute atomic E-state index is 15.7. The number of hydrogen-bond acceptors (Lipinski definition) is 16. The summed E-state index contributed by atoms with van der Waals surface area (Å²) in [5.41, 5.74) is 3.18. The minimum absolute atomic E-state index is 0.0825. The lowest BCUT2D eigenvalue weighted by atomic mass is 10.1.